The third-order valence-electron chi connectivity index (χ3n) is 3.85. The maximum Gasteiger partial charge on any atom is 0.0964 e. The molecular weight excluding hydrogens is 202 g/mol. The molecule has 5 nitrogen and oxygen atoms in total. The van der Waals surface area contributed by atoms with Gasteiger partial charge in [-0.15, -0.1) is 5.10 Å². The number of piperidine rings is 3. The SMILES string of the molecule is Cn1cc(CNC2CN3CCC2CC3)nn1. The number of aryl methyl sites for hydroxylation is 1. The van der Waals surface area contributed by atoms with Gasteiger partial charge in [0.2, 0.25) is 0 Å². The quantitative estimate of drug-likeness (QED) is 0.780. The molecule has 1 unspecified atom stereocenters. The lowest BCUT2D eigenvalue weighted by molar-refractivity contribution is 0.0718. The lowest BCUT2D eigenvalue weighted by Crippen LogP contribution is -2.55. The Balaban J connectivity index is 1.55. The molecule has 0 saturated carbocycles. The van der Waals surface area contributed by atoms with Crippen LogP contribution < -0.4 is 5.32 Å². The van der Waals surface area contributed by atoms with Gasteiger partial charge in [0.05, 0.1) is 5.69 Å². The van der Waals surface area contributed by atoms with Crippen LogP contribution >= 0.6 is 0 Å². The van der Waals surface area contributed by atoms with E-state index in [0.29, 0.717) is 6.04 Å². The summed E-state index contributed by atoms with van der Waals surface area (Å²) in [5.41, 5.74) is 1.04. The third-order valence-corrected chi connectivity index (χ3v) is 3.85. The van der Waals surface area contributed by atoms with Crippen LogP contribution in [-0.2, 0) is 13.6 Å². The molecule has 0 radical (unpaired) electrons. The number of fused-ring (bicyclic) bond motifs is 3. The second-order valence-electron chi connectivity index (χ2n) is 5.01. The van der Waals surface area contributed by atoms with Crippen LogP contribution in [-0.4, -0.2) is 45.6 Å². The van der Waals surface area contributed by atoms with Gasteiger partial charge in [-0.25, -0.2) is 0 Å². The Labute approximate surface area is 95.8 Å². The number of rotatable bonds is 3. The van der Waals surface area contributed by atoms with Crippen molar-refractivity contribution in [3.05, 3.63) is 11.9 Å². The van der Waals surface area contributed by atoms with E-state index in [-0.39, 0.29) is 0 Å². The van der Waals surface area contributed by atoms with Crippen molar-refractivity contribution in [1.82, 2.24) is 25.2 Å². The number of nitrogens with zero attached hydrogens (tertiary/aromatic N) is 4. The highest BCUT2D eigenvalue weighted by molar-refractivity contribution is 4.95. The lowest BCUT2D eigenvalue weighted by Gasteiger charge is -2.45. The lowest BCUT2D eigenvalue weighted by atomic mass is 9.84. The van der Waals surface area contributed by atoms with Gasteiger partial charge < -0.3 is 10.2 Å². The molecule has 88 valence electrons. The Bertz CT molecular complexity index is 353. The predicted octanol–water partition coefficient (Wildman–Crippen LogP) is -0.00110. The summed E-state index contributed by atoms with van der Waals surface area (Å²) in [6.07, 6.45) is 4.70. The average molecular weight is 221 g/mol. The zero-order valence-electron chi connectivity index (χ0n) is 9.76. The minimum absolute atomic E-state index is 0.657. The van der Waals surface area contributed by atoms with Crippen molar-refractivity contribution in [1.29, 1.82) is 0 Å². The van der Waals surface area contributed by atoms with E-state index in [4.69, 9.17) is 0 Å². The average Bonchev–Trinajstić information content (AvgIpc) is 2.74. The van der Waals surface area contributed by atoms with E-state index < -0.39 is 0 Å². The Kier molecular flexibility index (Phi) is 2.65. The van der Waals surface area contributed by atoms with Crippen molar-refractivity contribution >= 4 is 0 Å². The molecule has 4 rings (SSSR count). The molecular formula is C11H19N5. The topological polar surface area (TPSA) is 46.0 Å². The molecule has 3 saturated heterocycles. The Morgan fingerprint density at radius 2 is 2.25 bits per heavy atom. The van der Waals surface area contributed by atoms with Crippen LogP contribution in [0, 0.1) is 5.92 Å². The molecule has 2 bridgehead atoms. The molecule has 1 N–H and O–H groups in total. The van der Waals surface area contributed by atoms with Crippen LogP contribution in [0.15, 0.2) is 6.20 Å². The molecule has 5 heteroatoms. The van der Waals surface area contributed by atoms with Gasteiger partial charge in [0.1, 0.15) is 0 Å². The molecule has 3 aliphatic heterocycles. The fourth-order valence-corrected chi connectivity index (χ4v) is 2.91. The molecule has 1 atom stereocenters. The third kappa shape index (κ3) is 1.97. The van der Waals surface area contributed by atoms with E-state index in [2.05, 4.69) is 20.5 Å². The molecule has 3 fully saturated rings. The molecule has 0 aromatic carbocycles. The monoisotopic (exact) mass is 221 g/mol. The summed E-state index contributed by atoms with van der Waals surface area (Å²) in [6, 6.07) is 0.657. The smallest absolute Gasteiger partial charge is 0.0964 e. The predicted molar refractivity (Wildman–Crippen MR) is 60.8 cm³/mol. The summed E-state index contributed by atoms with van der Waals surface area (Å²) in [5.74, 6) is 0.877. The van der Waals surface area contributed by atoms with Crippen LogP contribution in [0.2, 0.25) is 0 Å². The van der Waals surface area contributed by atoms with E-state index >= 15 is 0 Å². The van der Waals surface area contributed by atoms with Crippen molar-refractivity contribution < 1.29 is 0 Å². The van der Waals surface area contributed by atoms with Crippen molar-refractivity contribution in [2.24, 2.45) is 13.0 Å². The van der Waals surface area contributed by atoms with E-state index in [1.807, 2.05) is 13.2 Å². The zero-order valence-corrected chi connectivity index (χ0v) is 9.76. The van der Waals surface area contributed by atoms with Crippen LogP contribution in [0.3, 0.4) is 0 Å². The highest BCUT2D eigenvalue weighted by Crippen LogP contribution is 2.27. The van der Waals surface area contributed by atoms with Crippen molar-refractivity contribution in [3.8, 4) is 0 Å². The van der Waals surface area contributed by atoms with Crippen molar-refractivity contribution in [3.63, 3.8) is 0 Å². The first-order valence-electron chi connectivity index (χ1n) is 6.12. The van der Waals surface area contributed by atoms with Gasteiger partial charge in [-0.05, 0) is 31.8 Å². The number of nitrogens with one attached hydrogen (secondary N) is 1. The minimum atomic E-state index is 0.657. The minimum Gasteiger partial charge on any atom is -0.307 e. The van der Waals surface area contributed by atoms with Crippen LogP contribution in [0.5, 0.6) is 0 Å². The largest absolute Gasteiger partial charge is 0.307 e. The second kappa shape index (κ2) is 4.14. The van der Waals surface area contributed by atoms with E-state index in [1.165, 1.54) is 32.5 Å². The summed E-state index contributed by atoms with van der Waals surface area (Å²) in [5, 5.41) is 11.7. The normalized spacial score (nSPS) is 33.2. The van der Waals surface area contributed by atoms with Crippen molar-refractivity contribution in [2.45, 2.75) is 25.4 Å². The van der Waals surface area contributed by atoms with Gasteiger partial charge in [0.25, 0.3) is 0 Å². The maximum atomic E-state index is 4.10. The number of hydrogen-bond donors (Lipinski definition) is 1. The van der Waals surface area contributed by atoms with E-state index in [1.54, 1.807) is 4.68 Å². The highest BCUT2D eigenvalue weighted by atomic mass is 15.4. The fraction of sp³-hybridized carbons (Fsp3) is 0.818. The van der Waals surface area contributed by atoms with Crippen molar-refractivity contribution in [2.75, 3.05) is 19.6 Å². The van der Waals surface area contributed by atoms with Crippen LogP contribution in [0.25, 0.3) is 0 Å². The van der Waals surface area contributed by atoms with E-state index in [9.17, 15) is 0 Å². The first kappa shape index (κ1) is 10.2. The fourth-order valence-electron chi connectivity index (χ4n) is 2.91. The highest BCUT2D eigenvalue weighted by Gasteiger charge is 2.33. The summed E-state index contributed by atoms with van der Waals surface area (Å²) in [6.45, 7) is 4.66. The first-order chi connectivity index (χ1) is 7.81. The Morgan fingerprint density at radius 3 is 2.81 bits per heavy atom. The first-order valence-corrected chi connectivity index (χ1v) is 6.12. The van der Waals surface area contributed by atoms with Crippen LogP contribution in [0.1, 0.15) is 18.5 Å². The standard InChI is InChI=1S/C11H19N5/c1-15-7-10(13-14-15)6-12-11-8-16-4-2-9(11)3-5-16/h7,9,11-12H,2-6,8H2,1H3. The van der Waals surface area contributed by atoms with E-state index in [0.717, 1.165) is 18.2 Å². The molecule has 1 aromatic rings. The molecule has 16 heavy (non-hydrogen) atoms. The summed E-state index contributed by atoms with van der Waals surface area (Å²) in [7, 11) is 1.91. The molecule has 4 heterocycles. The van der Waals surface area contributed by atoms with Gasteiger partial charge in [0.15, 0.2) is 0 Å². The molecule has 0 spiro atoms. The molecule has 1 aromatic heterocycles. The number of hydrogen-bond acceptors (Lipinski definition) is 4. The Hall–Kier alpha value is -0.940. The number of aromatic nitrogens is 3. The summed E-state index contributed by atoms with van der Waals surface area (Å²) in [4.78, 5) is 2.56. The van der Waals surface area contributed by atoms with Gasteiger partial charge in [-0.3, -0.25) is 4.68 Å². The van der Waals surface area contributed by atoms with Gasteiger partial charge >= 0.3 is 0 Å². The maximum absolute atomic E-state index is 4.10. The van der Waals surface area contributed by atoms with Gasteiger partial charge in [0, 0.05) is 32.4 Å². The van der Waals surface area contributed by atoms with Gasteiger partial charge in [-0.1, -0.05) is 5.21 Å². The van der Waals surface area contributed by atoms with Gasteiger partial charge in [-0.2, -0.15) is 0 Å². The second-order valence-corrected chi connectivity index (χ2v) is 5.01. The molecule has 0 amide bonds. The molecule has 3 aliphatic rings. The Morgan fingerprint density at radius 1 is 1.44 bits per heavy atom. The molecule has 0 aliphatic carbocycles. The summed E-state index contributed by atoms with van der Waals surface area (Å²) >= 11 is 0. The summed E-state index contributed by atoms with van der Waals surface area (Å²) < 4.78 is 1.76. The zero-order chi connectivity index (χ0) is 11.0. The van der Waals surface area contributed by atoms with Crippen LogP contribution in [0.4, 0.5) is 0 Å².